The van der Waals surface area contributed by atoms with Crippen LogP contribution in [-0.2, 0) is 0 Å². The monoisotopic (exact) mass is 294 g/mol. The molecular formula is C15H19ClN2S. The average Bonchev–Trinajstić information content (AvgIpc) is 2.74. The summed E-state index contributed by atoms with van der Waals surface area (Å²) >= 11 is 7.73. The molecule has 3 rings (SSSR count). The van der Waals surface area contributed by atoms with E-state index >= 15 is 0 Å². The van der Waals surface area contributed by atoms with Gasteiger partial charge in [-0.25, -0.2) is 4.98 Å². The molecule has 2 nitrogen and oxygen atoms in total. The van der Waals surface area contributed by atoms with Crippen molar-refractivity contribution in [3.8, 4) is 0 Å². The molecule has 1 aromatic heterocycles. The van der Waals surface area contributed by atoms with Crippen molar-refractivity contribution in [2.45, 2.75) is 51.0 Å². The van der Waals surface area contributed by atoms with E-state index in [-0.39, 0.29) is 0 Å². The van der Waals surface area contributed by atoms with Crippen molar-refractivity contribution in [2.75, 3.05) is 5.32 Å². The summed E-state index contributed by atoms with van der Waals surface area (Å²) in [6.45, 7) is 0. The molecule has 0 unspecified atom stereocenters. The van der Waals surface area contributed by atoms with Gasteiger partial charge in [0.1, 0.15) is 0 Å². The van der Waals surface area contributed by atoms with E-state index in [0.29, 0.717) is 6.04 Å². The highest BCUT2D eigenvalue weighted by Crippen LogP contribution is 2.29. The van der Waals surface area contributed by atoms with Crippen LogP contribution in [0.2, 0.25) is 5.02 Å². The van der Waals surface area contributed by atoms with Crippen molar-refractivity contribution in [2.24, 2.45) is 0 Å². The lowest BCUT2D eigenvalue weighted by molar-refractivity contribution is 0.471. The fraction of sp³-hybridized carbons (Fsp3) is 0.533. The van der Waals surface area contributed by atoms with Gasteiger partial charge in [0, 0.05) is 11.1 Å². The number of halogens is 1. The highest BCUT2D eigenvalue weighted by molar-refractivity contribution is 7.22. The molecule has 0 bridgehead atoms. The van der Waals surface area contributed by atoms with Crippen LogP contribution in [0.25, 0.3) is 10.2 Å². The summed E-state index contributed by atoms with van der Waals surface area (Å²) in [5.74, 6) is 0. The average molecular weight is 295 g/mol. The van der Waals surface area contributed by atoms with E-state index in [1.165, 1.54) is 49.6 Å². The molecule has 1 aliphatic carbocycles. The molecule has 1 heterocycles. The highest BCUT2D eigenvalue weighted by Gasteiger charge is 2.13. The van der Waals surface area contributed by atoms with Gasteiger partial charge in [-0.15, -0.1) is 0 Å². The minimum atomic E-state index is 0.594. The quantitative estimate of drug-likeness (QED) is 0.794. The number of benzene rings is 1. The molecule has 0 radical (unpaired) electrons. The molecule has 4 heteroatoms. The van der Waals surface area contributed by atoms with E-state index < -0.39 is 0 Å². The standard InChI is InChI=1S/C15H19ClN2S/c16-11-8-9-14-13(10-11)18-15(19-14)17-12-6-4-2-1-3-5-7-12/h8-10,12H,1-7H2,(H,17,18). The predicted molar refractivity (Wildman–Crippen MR) is 84.4 cm³/mol. The molecule has 0 aliphatic heterocycles. The van der Waals surface area contributed by atoms with Gasteiger partial charge in [-0.05, 0) is 31.0 Å². The number of nitrogens with one attached hydrogen (secondary N) is 1. The summed E-state index contributed by atoms with van der Waals surface area (Å²) in [7, 11) is 0. The molecule has 0 saturated heterocycles. The number of hydrogen-bond acceptors (Lipinski definition) is 3. The van der Waals surface area contributed by atoms with Gasteiger partial charge in [-0.1, -0.05) is 55.0 Å². The topological polar surface area (TPSA) is 24.9 Å². The van der Waals surface area contributed by atoms with Gasteiger partial charge >= 0.3 is 0 Å². The second-order valence-corrected chi connectivity index (χ2v) is 6.78. The highest BCUT2D eigenvalue weighted by atomic mass is 35.5. The van der Waals surface area contributed by atoms with E-state index in [4.69, 9.17) is 11.6 Å². The van der Waals surface area contributed by atoms with Gasteiger partial charge in [0.2, 0.25) is 0 Å². The molecule has 0 amide bonds. The Kier molecular flexibility index (Phi) is 4.24. The Morgan fingerprint density at radius 2 is 1.84 bits per heavy atom. The normalized spacial score (nSPS) is 18.2. The van der Waals surface area contributed by atoms with Gasteiger partial charge < -0.3 is 5.32 Å². The first kappa shape index (κ1) is 13.2. The number of anilines is 1. The summed E-state index contributed by atoms with van der Waals surface area (Å²) in [5.41, 5.74) is 1.01. The lowest BCUT2D eigenvalue weighted by Crippen LogP contribution is -2.20. The number of rotatable bonds is 2. The van der Waals surface area contributed by atoms with Crippen LogP contribution in [0.5, 0.6) is 0 Å². The first-order valence-corrected chi connectivity index (χ1v) is 8.33. The Bertz CT molecular complexity index is 544. The molecule has 0 spiro atoms. The number of aromatic nitrogens is 1. The molecule has 102 valence electrons. The first-order valence-electron chi connectivity index (χ1n) is 7.14. The summed E-state index contributed by atoms with van der Waals surface area (Å²) in [4.78, 5) is 4.64. The van der Waals surface area contributed by atoms with Gasteiger partial charge in [-0.2, -0.15) is 0 Å². The fourth-order valence-corrected chi connectivity index (χ4v) is 3.83. The minimum Gasteiger partial charge on any atom is -0.359 e. The fourth-order valence-electron chi connectivity index (χ4n) is 2.74. The van der Waals surface area contributed by atoms with E-state index in [1.54, 1.807) is 11.3 Å². The van der Waals surface area contributed by atoms with Gasteiger partial charge in [0.15, 0.2) is 5.13 Å². The minimum absolute atomic E-state index is 0.594. The van der Waals surface area contributed by atoms with Crippen LogP contribution >= 0.6 is 22.9 Å². The van der Waals surface area contributed by atoms with Crippen molar-refractivity contribution in [1.29, 1.82) is 0 Å². The Morgan fingerprint density at radius 1 is 1.11 bits per heavy atom. The van der Waals surface area contributed by atoms with Crippen molar-refractivity contribution in [3.05, 3.63) is 23.2 Å². The van der Waals surface area contributed by atoms with Crippen molar-refractivity contribution >= 4 is 38.3 Å². The van der Waals surface area contributed by atoms with E-state index in [9.17, 15) is 0 Å². The molecule has 0 atom stereocenters. The SMILES string of the molecule is Clc1ccc2sc(NC3CCCCCCC3)nc2c1. The Balaban J connectivity index is 1.72. The number of fused-ring (bicyclic) bond motifs is 1. The molecule has 19 heavy (non-hydrogen) atoms. The lowest BCUT2D eigenvalue weighted by atomic mass is 9.97. The third kappa shape index (κ3) is 3.40. The smallest absolute Gasteiger partial charge is 0.184 e. The van der Waals surface area contributed by atoms with E-state index in [0.717, 1.165) is 15.7 Å². The first-order chi connectivity index (χ1) is 9.31. The Labute approximate surface area is 123 Å². The van der Waals surface area contributed by atoms with Gasteiger partial charge in [-0.3, -0.25) is 0 Å². The number of thiazole rings is 1. The maximum Gasteiger partial charge on any atom is 0.184 e. The largest absolute Gasteiger partial charge is 0.359 e. The summed E-state index contributed by atoms with van der Waals surface area (Å²) in [6.07, 6.45) is 9.41. The maximum absolute atomic E-state index is 6.00. The summed E-state index contributed by atoms with van der Waals surface area (Å²) in [5, 5.41) is 5.43. The molecule has 1 fully saturated rings. The second kappa shape index (κ2) is 6.10. The van der Waals surface area contributed by atoms with Gasteiger partial charge in [0.05, 0.1) is 10.2 Å². The molecular weight excluding hydrogens is 276 g/mol. The molecule has 2 aromatic rings. The predicted octanol–water partition coefficient (Wildman–Crippen LogP) is 5.47. The van der Waals surface area contributed by atoms with Crippen molar-refractivity contribution in [1.82, 2.24) is 4.98 Å². The lowest BCUT2D eigenvalue weighted by Gasteiger charge is -2.20. The van der Waals surface area contributed by atoms with Crippen LogP contribution in [0.4, 0.5) is 5.13 Å². The van der Waals surface area contributed by atoms with Crippen molar-refractivity contribution in [3.63, 3.8) is 0 Å². The maximum atomic E-state index is 6.00. The van der Waals surface area contributed by atoms with Crippen LogP contribution in [0.1, 0.15) is 44.9 Å². The Morgan fingerprint density at radius 3 is 2.63 bits per heavy atom. The second-order valence-electron chi connectivity index (χ2n) is 5.32. The van der Waals surface area contributed by atoms with Crippen LogP contribution in [0, 0.1) is 0 Å². The Hall–Kier alpha value is -0.800. The number of hydrogen-bond donors (Lipinski definition) is 1. The zero-order valence-corrected chi connectivity index (χ0v) is 12.6. The zero-order valence-electron chi connectivity index (χ0n) is 11.0. The van der Waals surface area contributed by atoms with Crippen LogP contribution in [0.3, 0.4) is 0 Å². The van der Waals surface area contributed by atoms with E-state index in [1.807, 2.05) is 12.1 Å². The summed E-state index contributed by atoms with van der Waals surface area (Å²) < 4.78 is 1.21. The van der Waals surface area contributed by atoms with Crippen molar-refractivity contribution < 1.29 is 0 Å². The third-order valence-electron chi connectivity index (χ3n) is 3.78. The van der Waals surface area contributed by atoms with Crippen LogP contribution < -0.4 is 5.32 Å². The molecule has 1 saturated carbocycles. The molecule has 1 N–H and O–H groups in total. The van der Waals surface area contributed by atoms with Crippen LogP contribution in [0.15, 0.2) is 18.2 Å². The third-order valence-corrected chi connectivity index (χ3v) is 4.99. The molecule has 1 aromatic carbocycles. The molecule has 1 aliphatic rings. The van der Waals surface area contributed by atoms with E-state index in [2.05, 4.69) is 16.4 Å². The van der Waals surface area contributed by atoms with Crippen LogP contribution in [-0.4, -0.2) is 11.0 Å². The number of nitrogens with zero attached hydrogens (tertiary/aromatic N) is 1. The van der Waals surface area contributed by atoms with Gasteiger partial charge in [0.25, 0.3) is 0 Å². The summed E-state index contributed by atoms with van der Waals surface area (Å²) in [6, 6.07) is 6.52. The zero-order chi connectivity index (χ0) is 13.1.